The van der Waals surface area contributed by atoms with Gasteiger partial charge in [0.1, 0.15) is 0 Å². The number of Topliss-reactive ketones (excluding diaryl/α,β-unsaturated/α-hetero) is 1. The number of carbonyl (C=O) groups excluding carboxylic acids is 1. The molecule has 0 spiro atoms. The summed E-state index contributed by atoms with van der Waals surface area (Å²) in [5.41, 5.74) is 3.26. The molecule has 4 aromatic rings. The van der Waals surface area contributed by atoms with Crippen LogP contribution in [0.4, 0.5) is 5.69 Å². The van der Waals surface area contributed by atoms with Gasteiger partial charge in [-0.2, -0.15) is 0 Å². The summed E-state index contributed by atoms with van der Waals surface area (Å²) in [7, 11) is 0. The maximum absolute atomic E-state index is 13.5. The Bertz CT molecular complexity index is 1240. The fraction of sp³-hybridized carbons (Fsp3) is 0.107. The Morgan fingerprint density at radius 3 is 2.00 bits per heavy atom. The zero-order valence-electron chi connectivity index (χ0n) is 17.3. The monoisotopic (exact) mass is 457 g/mol. The van der Waals surface area contributed by atoms with Crippen molar-refractivity contribution in [3.8, 4) is 0 Å². The summed E-state index contributed by atoms with van der Waals surface area (Å²) in [4.78, 5) is 15.8. The Morgan fingerprint density at radius 1 is 0.781 bits per heavy atom. The standard InChI is InChI=1S/C28H21Cl2NO/c29-22-16-17-24(25(30)18-22)27-28(21-12-6-2-7-13-21,31(27)23-14-8-3-9-15-23)19-26(32)20-10-4-1-5-11-20/h1-18,27H,19H2/t27-,28-,31?/m0/s1. The number of rotatable bonds is 6. The second-order valence-electron chi connectivity index (χ2n) is 8.03. The first-order chi connectivity index (χ1) is 15.6. The first-order valence-corrected chi connectivity index (χ1v) is 11.3. The maximum Gasteiger partial charge on any atom is 0.165 e. The van der Waals surface area contributed by atoms with Crippen LogP contribution >= 0.6 is 23.2 Å². The quantitative estimate of drug-likeness (QED) is 0.218. The van der Waals surface area contributed by atoms with Gasteiger partial charge in [-0.25, -0.2) is 0 Å². The highest BCUT2D eigenvalue weighted by atomic mass is 35.5. The Morgan fingerprint density at radius 2 is 1.38 bits per heavy atom. The fourth-order valence-corrected chi connectivity index (χ4v) is 5.21. The number of benzene rings is 4. The third kappa shape index (κ3) is 3.60. The lowest BCUT2D eigenvalue weighted by atomic mass is 9.85. The van der Waals surface area contributed by atoms with Crippen molar-refractivity contribution < 1.29 is 4.79 Å². The van der Waals surface area contributed by atoms with E-state index in [0.29, 0.717) is 22.0 Å². The summed E-state index contributed by atoms with van der Waals surface area (Å²) < 4.78 is 0. The molecular weight excluding hydrogens is 437 g/mol. The molecule has 1 aliphatic heterocycles. The second kappa shape index (κ2) is 8.46. The van der Waals surface area contributed by atoms with E-state index in [0.717, 1.165) is 16.8 Å². The van der Waals surface area contributed by atoms with Crippen LogP contribution in [-0.4, -0.2) is 5.78 Å². The third-order valence-corrected chi connectivity index (χ3v) is 6.73. The van der Waals surface area contributed by atoms with Crippen LogP contribution in [0, 0.1) is 0 Å². The number of para-hydroxylation sites is 1. The predicted molar refractivity (Wildman–Crippen MR) is 132 cm³/mol. The summed E-state index contributed by atoms with van der Waals surface area (Å²) in [6.45, 7) is 0. The number of carbonyl (C=O) groups is 1. The predicted octanol–water partition coefficient (Wildman–Crippen LogP) is 7.72. The molecule has 1 heterocycles. The SMILES string of the molecule is O=C(C[C@]1(c2ccccc2)[C@H](c2ccc(Cl)cc2Cl)N1c1ccccc1)c1ccccc1. The van der Waals surface area contributed by atoms with E-state index in [2.05, 4.69) is 29.2 Å². The molecule has 0 amide bonds. The van der Waals surface area contributed by atoms with Crippen LogP contribution in [-0.2, 0) is 5.54 Å². The number of ketones is 1. The van der Waals surface area contributed by atoms with Gasteiger partial charge in [0.05, 0.1) is 11.6 Å². The first-order valence-electron chi connectivity index (χ1n) is 10.5. The topological polar surface area (TPSA) is 20.1 Å². The highest BCUT2D eigenvalue weighted by Crippen LogP contribution is 2.65. The second-order valence-corrected chi connectivity index (χ2v) is 8.87. The van der Waals surface area contributed by atoms with Gasteiger partial charge < -0.3 is 4.90 Å². The van der Waals surface area contributed by atoms with Gasteiger partial charge in [0.25, 0.3) is 0 Å². The molecule has 0 N–H and O–H groups in total. The summed E-state index contributed by atoms with van der Waals surface area (Å²) in [6, 6.07) is 35.4. The summed E-state index contributed by atoms with van der Waals surface area (Å²) in [5, 5.41) is 1.20. The van der Waals surface area contributed by atoms with Crippen molar-refractivity contribution >= 4 is 34.7 Å². The van der Waals surface area contributed by atoms with Crippen LogP contribution in [0.3, 0.4) is 0 Å². The lowest BCUT2D eigenvalue weighted by Crippen LogP contribution is -2.21. The molecule has 32 heavy (non-hydrogen) atoms. The average molecular weight is 458 g/mol. The number of hydrogen-bond acceptors (Lipinski definition) is 2. The van der Waals surface area contributed by atoms with Gasteiger partial charge >= 0.3 is 0 Å². The van der Waals surface area contributed by atoms with Crippen molar-refractivity contribution in [3.63, 3.8) is 0 Å². The minimum Gasteiger partial charge on any atom is -0.349 e. The van der Waals surface area contributed by atoms with Crippen molar-refractivity contribution in [1.29, 1.82) is 0 Å². The van der Waals surface area contributed by atoms with E-state index in [9.17, 15) is 4.79 Å². The summed E-state index contributed by atoms with van der Waals surface area (Å²) in [6.07, 6.45) is 0.333. The molecule has 1 aliphatic rings. The number of anilines is 1. The normalized spacial score (nSPS) is 19.6. The van der Waals surface area contributed by atoms with Gasteiger partial charge in [0, 0.05) is 27.7 Å². The van der Waals surface area contributed by atoms with E-state index in [4.69, 9.17) is 23.2 Å². The molecule has 2 nitrogen and oxygen atoms in total. The van der Waals surface area contributed by atoms with E-state index in [1.165, 1.54) is 0 Å². The molecule has 0 saturated carbocycles. The Hall–Kier alpha value is -3.07. The molecule has 1 fully saturated rings. The van der Waals surface area contributed by atoms with E-state index >= 15 is 0 Å². The van der Waals surface area contributed by atoms with Crippen LogP contribution in [0.2, 0.25) is 10.0 Å². The molecule has 4 aromatic carbocycles. The minimum atomic E-state index is -0.549. The van der Waals surface area contributed by atoms with Crippen LogP contribution in [0.25, 0.3) is 0 Å². The number of nitrogens with zero attached hydrogens (tertiary/aromatic N) is 1. The van der Waals surface area contributed by atoms with Crippen molar-refractivity contribution in [3.05, 3.63) is 136 Å². The van der Waals surface area contributed by atoms with Gasteiger partial charge in [-0.3, -0.25) is 4.79 Å². The van der Waals surface area contributed by atoms with E-state index in [-0.39, 0.29) is 11.8 Å². The van der Waals surface area contributed by atoms with Crippen LogP contribution in [0.15, 0.2) is 109 Å². The lowest BCUT2D eigenvalue weighted by Gasteiger charge is -2.19. The highest BCUT2D eigenvalue weighted by Gasteiger charge is 2.65. The Kier molecular flexibility index (Phi) is 5.50. The number of hydrogen-bond donors (Lipinski definition) is 0. The number of halogens is 2. The molecule has 0 aliphatic carbocycles. The molecule has 0 bridgehead atoms. The Balaban J connectivity index is 1.68. The maximum atomic E-state index is 13.5. The summed E-state index contributed by atoms with van der Waals surface area (Å²) >= 11 is 12.9. The van der Waals surface area contributed by atoms with Crippen molar-refractivity contribution in [1.82, 2.24) is 0 Å². The van der Waals surface area contributed by atoms with E-state index in [1.807, 2.05) is 78.9 Å². The smallest absolute Gasteiger partial charge is 0.165 e. The van der Waals surface area contributed by atoms with Crippen LogP contribution in [0.5, 0.6) is 0 Å². The lowest BCUT2D eigenvalue weighted by molar-refractivity contribution is 0.0969. The fourth-order valence-electron chi connectivity index (χ4n) is 4.70. The molecule has 0 unspecified atom stereocenters. The molecule has 4 heteroatoms. The first kappa shape index (κ1) is 20.8. The van der Waals surface area contributed by atoms with Gasteiger partial charge in [-0.1, -0.05) is 108 Å². The van der Waals surface area contributed by atoms with Crippen molar-refractivity contribution in [2.24, 2.45) is 0 Å². The molecule has 0 radical (unpaired) electrons. The van der Waals surface area contributed by atoms with Gasteiger partial charge in [0.15, 0.2) is 5.78 Å². The Labute approximate surface area is 198 Å². The average Bonchev–Trinajstić information content (AvgIpc) is 3.49. The van der Waals surface area contributed by atoms with Crippen LogP contribution < -0.4 is 4.90 Å². The van der Waals surface area contributed by atoms with Gasteiger partial charge in [-0.15, -0.1) is 0 Å². The molecule has 1 saturated heterocycles. The summed E-state index contributed by atoms with van der Waals surface area (Å²) in [5.74, 6) is 0.1000. The zero-order chi connectivity index (χ0) is 22.1. The molecular formula is C28H21Cl2NO. The molecule has 0 aromatic heterocycles. The van der Waals surface area contributed by atoms with Crippen LogP contribution in [0.1, 0.15) is 33.9 Å². The third-order valence-electron chi connectivity index (χ3n) is 6.16. The zero-order valence-corrected chi connectivity index (χ0v) is 18.8. The van der Waals surface area contributed by atoms with Gasteiger partial charge in [0.2, 0.25) is 0 Å². The minimum absolute atomic E-state index is 0.0928. The van der Waals surface area contributed by atoms with Crippen molar-refractivity contribution in [2.45, 2.75) is 18.0 Å². The van der Waals surface area contributed by atoms with Crippen molar-refractivity contribution in [2.75, 3.05) is 4.90 Å². The van der Waals surface area contributed by atoms with Gasteiger partial charge in [-0.05, 0) is 35.4 Å². The van der Waals surface area contributed by atoms with E-state index < -0.39 is 5.54 Å². The molecule has 158 valence electrons. The molecule has 5 rings (SSSR count). The molecule has 2 atom stereocenters. The largest absolute Gasteiger partial charge is 0.349 e. The highest BCUT2D eigenvalue weighted by molar-refractivity contribution is 6.35. The van der Waals surface area contributed by atoms with E-state index in [1.54, 1.807) is 6.07 Å².